The van der Waals surface area contributed by atoms with Crippen molar-refractivity contribution in [1.82, 2.24) is 0 Å². The lowest BCUT2D eigenvalue weighted by Gasteiger charge is -2.22. The summed E-state index contributed by atoms with van der Waals surface area (Å²) in [5.74, 6) is 0. The van der Waals surface area contributed by atoms with Gasteiger partial charge in [0, 0.05) is 6.61 Å². The summed E-state index contributed by atoms with van der Waals surface area (Å²) in [4.78, 5) is 0. The molecule has 1 fully saturated rings. The molecule has 2 atom stereocenters. The van der Waals surface area contributed by atoms with E-state index in [1.54, 1.807) is 0 Å². The van der Waals surface area contributed by atoms with Gasteiger partial charge in [-0.05, 0) is 90.9 Å². The van der Waals surface area contributed by atoms with Gasteiger partial charge in [-0.1, -0.05) is 29.4 Å². The zero-order chi connectivity index (χ0) is 21.7. The highest BCUT2D eigenvalue weighted by Gasteiger charge is 2.21. The lowest BCUT2D eigenvalue weighted by molar-refractivity contribution is -0.155. The third-order valence-corrected chi connectivity index (χ3v) is 5.83. The van der Waals surface area contributed by atoms with E-state index < -0.39 is 14.4 Å². The van der Waals surface area contributed by atoms with Crippen LogP contribution in [0.15, 0.2) is 34.9 Å². The van der Waals surface area contributed by atoms with Gasteiger partial charge in [0.1, 0.15) is 0 Å². The molecule has 0 aliphatic carbocycles. The summed E-state index contributed by atoms with van der Waals surface area (Å²) in [5, 5.41) is 9.35. The van der Waals surface area contributed by atoms with E-state index in [1.807, 2.05) is 6.92 Å². The predicted molar refractivity (Wildman–Crippen MR) is 123 cm³/mol. The number of hydrogen-bond acceptors (Lipinski definition) is 4. The standard InChI is InChI=1S/C24H41NO3Si/c1-20(13-10-14-22(3)23(19-25)28-29(4,5)6)11-9-12-21(2)16-18-27-24-15-7-8-17-26-24/h11,14,16,23-24H,7-10,12-13,15,17-18H2,1-6H3/b20-11+,21-16+,22-14+. The summed E-state index contributed by atoms with van der Waals surface area (Å²) in [6.07, 6.45) is 13.7. The van der Waals surface area contributed by atoms with Crippen LogP contribution in [0.3, 0.4) is 0 Å². The highest BCUT2D eigenvalue weighted by atomic mass is 28.4. The van der Waals surface area contributed by atoms with Gasteiger partial charge < -0.3 is 13.9 Å². The van der Waals surface area contributed by atoms with Gasteiger partial charge in [0.05, 0.1) is 12.7 Å². The fourth-order valence-electron chi connectivity index (χ4n) is 3.10. The Hall–Kier alpha value is -1.19. The van der Waals surface area contributed by atoms with Gasteiger partial charge in [0.25, 0.3) is 0 Å². The van der Waals surface area contributed by atoms with E-state index in [1.165, 1.54) is 17.6 Å². The van der Waals surface area contributed by atoms with Gasteiger partial charge in [-0.25, -0.2) is 0 Å². The number of ether oxygens (including phenoxy) is 2. The minimum Gasteiger partial charge on any atom is -0.399 e. The minimum atomic E-state index is -1.71. The molecule has 0 aromatic heterocycles. The van der Waals surface area contributed by atoms with E-state index in [9.17, 15) is 5.26 Å². The summed E-state index contributed by atoms with van der Waals surface area (Å²) >= 11 is 0. The molecule has 0 N–H and O–H groups in total. The van der Waals surface area contributed by atoms with Crippen LogP contribution in [0.25, 0.3) is 0 Å². The molecule has 1 aliphatic heterocycles. The van der Waals surface area contributed by atoms with Crippen LogP contribution in [0, 0.1) is 11.3 Å². The predicted octanol–water partition coefficient (Wildman–Crippen LogP) is 6.67. The van der Waals surface area contributed by atoms with Gasteiger partial charge in [0.2, 0.25) is 0 Å². The zero-order valence-electron chi connectivity index (χ0n) is 19.4. The average Bonchev–Trinajstić information content (AvgIpc) is 2.66. The Balaban J connectivity index is 2.28. The molecule has 0 spiro atoms. The number of rotatable bonds is 12. The van der Waals surface area contributed by atoms with Crippen LogP contribution in [-0.2, 0) is 13.9 Å². The highest BCUT2D eigenvalue weighted by Crippen LogP contribution is 2.17. The van der Waals surface area contributed by atoms with Crippen LogP contribution in [0.5, 0.6) is 0 Å². The molecule has 4 nitrogen and oxygen atoms in total. The van der Waals surface area contributed by atoms with Crippen molar-refractivity contribution in [3.05, 3.63) is 34.9 Å². The van der Waals surface area contributed by atoms with Gasteiger partial charge >= 0.3 is 0 Å². The van der Waals surface area contributed by atoms with Crippen molar-refractivity contribution in [1.29, 1.82) is 5.26 Å². The Labute approximate surface area is 179 Å². The minimum absolute atomic E-state index is 0.0109. The highest BCUT2D eigenvalue weighted by molar-refractivity contribution is 6.69. The molecular weight excluding hydrogens is 378 g/mol. The Bertz CT molecular complexity index is 605. The maximum atomic E-state index is 9.35. The molecule has 1 aliphatic rings. The van der Waals surface area contributed by atoms with E-state index in [0.29, 0.717) is 6.61 Å². The fourth-order valence-corrected chi connectivity index (χ4v) is 4.05. The molecule has 2 unspecified atom stereocenters. The molecular formula is C24H41NO3Si. The van der Waals surface area contributed by atoms with Gasteiger partial charge in [-0.15, -0.1) is 0 Å². The molecule has 0 aromatic carbocycles. The molecule has 0 amide bonds. The lowest BCUT2D eigenvalue weighted by Crippen LogP contribution is -2.31. The molecule has 29 heavy (non-hydrogen) atoms. The molecule has 1 rings (SSSR count). The van der Waals surface area contributed by atoms with E-state index in [2.05, 4.69) is 57.8 Å². The van der Waals surface area contributed by atoms with Crippen molar-refractivity contribution >= 4 is 8.32 Å². The molecule has 1 heterocycles. The SMILES string of the molecule is C/C(=C\CC/C(C)=C/COC1CCCCO1)CC/C=C(\C)C(C#N)O[Si](C)(C)C. The van der Waals surface area contributed by atoms with Crippen LogP contribution in [-0.4, -0.2) is 33.9 Å². The Morgan fingerprint density at radius 2 is 1.72 bits per heavy atom. The Morgan fingerprint density at radius 3 is 2.31 bits per heavy atom. The number of nitrogens with zero attached hydrogens (tertiary/aromatic N) is 1. The molecule has 1 saturated heterocycles. The molecule has 5 heteroatoms. The molecule has 164 valence electrons. The Morgan fingerprint density at radius 1 is 1.07 bits per heavy atom. The van der Waals surface area contributed by atoms with E-state index in [0.717, 1.165) is 50.7 Å². The maximum Gasteiger partial charge on any atom is 0.185 e. The first kappa shape index (κ1) is 25.8. The summed E-state index contributed by atoms with van der Waals surface area (Å²) in [6.45, 7) is 14.2. The van der Waals surface area contributed by atoms with Crippen molar-refractivity contribution in [2.24, 2.45) is 0 Å². The van der Waals surface area contributed by atoms with Crippen LogP contribution < -0.4 is 0 Å². The average molecular weight is 420 g/mol. The summed E-state index contributed by atoms with van der Waals surface area (Å²) < 4.78 is 17.3. The molecule has 0 radical (unpaired) electrons. The summed E-state index contributed by atoms with van der Waals surface area (Å²) in [6, 6.07) is 2.29. The monoisotopic (exact) mass is 419 g/mol. The zero-order valence-corrected chi connectivity index (χ0v) is 20.4. The number of allylic oxidation sites excluding steroid dienone is 4. The third kappa shape index (κ3) is 12.9. The number of hydrogen-bond donors (Lipinski definition) is 0. The smallest absolute Gasteiger partial charge is 0.185 e. The summed E-state index contributed by atoms with van der Waals surface area (Å²) in [7, 11) is -1.71. The second kappa shape index (κ2) is 13.9. The second-order valence-corrected chi connectivity index (χ2v) is 13.5. The third-order valence-electron chi connectivity index (χ3n) is 4.89. The van der Waals surface area contributed by atoms with E-state index in [-0.39, 0.29) is 6.29 Å². The van der Waals surface area contributed by atoms with Crippen LogP contribution in [0.1, 0.15) is 65.7 Å². The number of nitriles is 1. The first-order valence-electron chi connectivity index (χ1n) is 11.0. The van der Waals surface area contributed by atoms with Crippen LogP contribution in [0.2, 0.25) is 19.6 Å². The van der Waals surface area contributed by atoms with Crippen molar-refractivity contribution in [2.75, 3.05) is 13.2 Å². The van der Waals surface area contributed by atoms with Gasteiger partial charge in [0.15, 0.2) is 20.7 Å². The maximum absolute atomic E-state index is 9.35. The van der Waals surface area contributed by atoms with Crippen molar-refractivity contribution in [2.45, 2.75) is 97.8 Å². The first-order valence-corrected chi connectivity index (χ1v) is 14.4. The molecule has 0 bridgehead atoms. The van der Waals surface area contributed by atoms with Crippen molar-refractivity contribution in [3.8, 4) is 6.07 Å². The second-order valence-electron chi connectivity index (χ2n) is 9.00. The normalized spacial score (nSPS) is 20.4. The van der Waals surface area contributed by atoms with E-state index in [4.69, 9.17) is 13.9 Å². The molecule has 0 saturated carbocycles. The fraction of sp³-hybridized carbons (Fsp3) is 0.708. The van der Waals surface area contributed by atoms with Crippen LogP contribution in [0.4, 0.5) is 0 Å². The van der Waals surface area contributed by atoms with Gasteiger partial charge in [-0.2, -0.15) is 5.26 Å². The topological polar surface area (TPSA) is 51.5 Å². The van der Waals surface area contributed by atoms with E-state index >= 15 is 0 Å². The lowest BCUT2D eigenvalue weighted by atomic mass is 10.1. The largest absolute Gasteiger partial charge is 0.399 e. The van der Waals surface area contributed by atoms with Crippen molar-refractivity contribution < 1.29 is 13.9 Å². The van der Waals surface area contributed by atoms with Gasteiger partial charge in [-0.3, -0.25) is 0 Å². The van der Waals surface area contributed by atoms with Crippen LogP contribution >= 0.6 is 0 Å². The van der Waals surface area contributed by atoms with Crippen molar-refractivity contribution in [3.63, 3.8) is 0 Å². The molecule has 0 aromatic rings. The summed E-state index contributed by atoms with van der Waals surface area (Å²) in [5.41, 5.74) is 3.79. The quantitative estimate of drug-likeness (QED) is 0.262. The Kier molecular flexibility index (Phi) is 12.4. The first-order chi connectivity index (χ1) is 13.7.